The minimum Gasteiger partial charge on any atom is -0.459 e. The standard InChI is InChI=1S/C22H30O8/c1-9-6-12-20(26,15(9)25)7-19(8-23)17(30-19)13-14-18(4,5)22(14,28)16(29-11(3)24)10(2)21(12,13)27/h6,10,12-14,16-17,23,26-28H,7-8H2,1-5H3/t10-,12-,13-,14-,16-,17+,19+,20-,21+,22-/m0/s1. The van der Waals surface area contributed by atoms with Gasteiger partial charge in [0, 0.05) is 42.4 Å². The van der Waals surface area contributed by atoms with E-state index in [0.717, 1.165) is 0 Å². The summed E-state index contributed by atoms with van der Waals surface area (Å²) in [5.74, 6) is -3.97. The quantitative estimate of drug-likeness (QED) is 0.352. The number of esters is 1. The van der Waals surface area contributed by atoms with Crippen LogP contribution < -0.4 is 0 Å². The molecule has 1 saturated heterocycles. The molecule has 30 heavy (non-hydrogen) atoms. The van der Waals surface area contributed by atoms with Crippen molar-refractivity contribution in [1.82, 2.24) is 0 Å². The molecular formula is C22H30O8. The molecule has 0 aromatic heterocycles. The van der Waals surface area contributed by atoms with Crippen molar-refractivity contribution in [2.75, 3.05) is 6.61 Å². The predicted molar refractivity (Wildman–Crippen MR) is 102 cm³/mol. The van der Waals surface area contributed by atoms with Crippen LogP contribution in [0.5, 0.6) is 0 Å². The van der Waals surface area contributed by atoms with E-state index in [1.165, 1.54) is 6.92 Å². The van der Waals surface area contributed by atoms with Gasteiger partial charge in [0.1, 0.15) is 22.9 Å². The summed E-state index contributed by atoms with van der Waals surface area (Å²) in [5, 5.41) is 45.7. The van der Waals surface area contributed by atoms with Gasteiger partial charge in [0.05, 0.1) is 18.3 Å². The highest BCUT2D eigenvalue weighted by Crippen LogP contribution is 2.78. The molecular weight excluding hydrogens is 392 g/mol. The Morgan fingerprint density at radius 3 is 2.50 bits per heavy atom. The van der Waals surface area contributed by atoms with Crippen LogP contribution in [-0.4, -0.2) is 73.4 Å². The van der Waals surface area contributed by atoms with Gasteiger partial charge in [-0.05, 0) is 12.5 Å². The number of ether oxygens (including phenoxy) is 2. The van der Waals surface area contributed by atoms with E-state index in [0.29, 0.717) is 5.57 Å². The minimum atomic E-state index is -1.94. The summed E-state index contributed by atoms with van der Waals surface area (Å²) in [5.41, 5.74) is -6.52. The Balaban J connectivity index is 1.73. The number of Topliss-reactive ketones (excluding diaryl/α,β-unsaturated/α-hetero) is 1. The molecule has 5 aliphatic rings. The number of fused-ring (bicyclic) bond motifs is 7. The van der Waals surface area contributed by atoms with E-state index < -0.39 is 82.1 Å². The zero-order chi connectivity index (χ0) is 22.2. The maximum Gasteiger partial charge on any atom is 0.303 e. The molecule has 4 aliphatic carbocycles. The molecule has 8 nitrogen and oxygen atoms in total. The van der Waals surface area contributed by atoms with Crippen LogP contribution in [0.15, 0.2) is 11.6 Å². The van der Waals surface area contributed by atoms with Crippen LogP contribution in [0, 0.1) is 29.1 Å². The number of epoxide rings is 1. The van der Waals surface area contributed by atoms with Crippen molar-refractivity contribution in [3.8, 4) is 0 Å². The Morgan fingerprint density at radius 1 is 1.30 bits per heavy atom. The molecule has 8 heteroatoms. The van der Waals surface area contributed by atoms with E-state index in [-0.39, 0.29) is 6.42 Å². The Kier molecular flexibility index (Phi) is 3.67. The molecule has 0 aromatic rings. The summed E-state index contributed by atoms with van der Waals surface area (Å²) in [7, 11) is 0. The van der Waals surface area contributed by atoms with Gasteiger partial charge in [-0.3, -0.25) is 9.59 Å². The van der Waals surface area contributed by atoms with Crippen molar-refractivity contribution in [2.24, 2.45) is 29.1 Å². The lowest BCUT2D eigenvalue weighted by molar-refractivity contribution is -0.231. The number of carbonyl (C=O) groups is 2. The maximum atomic E-state index is 13.0. The first-order valence-electron chi connectivity index (χ1n) is 10.6. The Morgan fingerprint density at radius 2 is 1.93 bits per heavy atom. The van der Waals surface area contributed by atoms with Gasteiger partial charge < -0.3 is 29.9 Å². The van der Waals surface area contributed by atoms with Crippen molar-refractivity contribution in [3.63, 3.8) is 0 Å². The molecule has 5 rings (SSSR count). The molecule has 0 unspecified atom stereocenters. The topological polar surface area (TPSA) is 137 Å². The molecule has 4 fully saturated rings. The summed E-state index contributed by atoms with van der Waals surface area (Å²) < 4.78 is 11.5. The van der Waals surface area contributed by atoms with E-state index in [9.17, 15) is 30.0 Å². The predicted octanol–water partition coefficient (Wildman–Crippen LogP) is -0.288. The van der Waals surface area contributed by atoms with E-state index in [2.05, 4.69) is 0 Å². The number of aliphatic hydroxyl groups excluding tert-OH is 1. The van der Waals surface area contributed by atoms with Crippen LogP contribution in [0.1, 0.15) is 41.0 Å². The highest BCUT2D eigenvalue weighted by molar-refractivity contribution is 6.04. The zero-order valence-corrected chi connectivity index (χ0v) is 17.9. The Bertz CT molecular complexity index is 896. The van der Waals surface area contributed by atoms with Crippen molar-refractivity contribution in [2.45, 2.75) is 75.7 Å². The van der Waals surface area contributed by atoms with Gasteiger partial charge in [0.2, 0.25) is 0 Å². The van der Waals surface area contributed by atoms with Gasteiger partial charge in [0.15, 0.2) is 5.78 Å². The molecule has 3 saturated carbocycles. The fraction of sp³-hybridized carbons (Fsp3) is 0.818. The number of ketones is 1. The molecule has 4 N–H and O–H groups in total. The third-order valence-electron chi connectivity index (χ3n) is 9.17. The van der Waals surface area contributed by atoms with Crippen LogP contribution in [0.4, 0.5) is 0 Å². The summed E-state index contributed by atoms with van der Waals surface area (Å²) in [4.78, 5) is 24.9. The largest absolute Gasteiger partial charge is 0.459 e. The van der Waals surface area contributed by atoms with E-state index in [1.54, 1.807) is 19.9 Å². The highest BCUT2D eigenvalue weighted by Gasteiger charge is 2.90. The summed E-state index contributed by atoms with van der Waals surface area (Å²) in [6.07, 6.45) is -0.159. The molecule has 0 amide bonds. The molecule has 166 valence electrons. The Labute approximate surface area is 174 Å². The van der Waals surface area contributed by atoms with Crippen molar-refractivity contribution in [1.29, 1.82) is 0 Å². The molecule has 0 radical (unpaired) electrons. The average Bonchev–Trinajstić information content (AvgIpc) is 3.45. The second-order valence-electron chi connectivity index (χ2n) is 10.8. The van der Waals surface area contributed by atoms with Gasteiger partial charge >= 0.3 is 5.97 Å². The van der Waals surface area contributed by atoms with Crippen LogP contribution in [-0.2, 0) is 19.1 Å². The number of hydrogen-bond donors (Lipinski definition) is 4. The lowest BCUT2D eigenvalue weighted by atomic mass is 9.58. The molecule has 0 aromatic carbocycles. The molecule has 10 atom stereocenters. The molecule has 1 aliphatic heterocycles. The van der Waals surface area contributed by atoms with Gasteiger partial charge in [-0.2, -0.15) is 0 Å². The monoisotopic (exact) mass is 422 g/mol. The second-order valence-corrected chi connectivity index (χ2v) is 10.8. The fourth-order valence-electron chi connectivity index (χ4n) is 7.61. The van der Waals surface area contributed by atoms with Crippen molar-refractivity contribution in [3.05, 3.63) is 11.6 Å². The summed E-state index contributed by atoms with van der Waals surface area (Å²) in [6.45, 7) is 7.84. The lowest BCUT2D eigenvalue weighted by Crippen LogP contribution is -2.66. The van der Waals surface area contributed by atoms with Gasteiger partial charge in [-0.1, -0.05) is 26.8 Å². The van der Waals surface area contributed by atoms with Gasteiger partial charge in [-0.25, -0.2) is 0 Å². The normalized spacial score (nSPS) is 57.2. The maximum absolute atomic E-state index is 13.0. The van der Waals surface area contributed by atoms with E-state index >= 15 is 0 Å². The summed E-state index contributed by atoms with van der Waals surface area (Å²) >= 11 is 0. The Hall–Kier alpha value is -1.32. The van der Waals surface area contributed by atoms with Gasteiger partial charge in [0.25, 0.3) is 0 Å². The molecule has 1 heterocycles. The van der Waals surface area contributed by atoms with Crippen molar-refractivity contribution >= 4 is 11.8 Å². The second kappa shape index (κ2) is 5.35. The highest BCUT2D eigenvalue weighted by atomic mass is 16.6. The number of carbonyl (C=O) groups excluding carboxylic acids is 2. The summed E-state index contributed by atoms with van der Waals surface area (Å²) in [6, 6.07) is 0. The van der Waals surface area contributed by atoms with Gasteiger partial charge in [-0.15, -0.1) is 0 Å². The van der Waals surface area contributed by atoms with Crippen LogP contribution >= 0.6 is 0 Å². The lowest BCUT2D eigenvalue weighted by Gasteiger charge is -2.53. The SMILES string of the molecule is CC(=O)O[C@H]1[C@H](C)[C@]2(O)[C@H]([C@H]3O[C@@]3(CO)C[C@@]3(O)C(=O)C(C)=C[C@H]23)[C@H]2C(C)(C)[C@@]12O. The first-order chi connectivity index (χ1) is 13.7. The van der Waals surface area contributed by atoms with E-state index in [1.807, 2.05) is 13.8 Å². The van der Waals surface area contributed by atoms with Crippen molar-refractivity contribution < 1.29 is 39.5 Å². The van der Waals surface area contributed by atoms with Crippen LogP contribution in [0.3, 0.4) is 0 Å². The van der Waals surface area contributed by atoms with Crippen LogP contribution in [0.2, 0.25) is 0 Å². The third kappa shape index (κ3) is 1.92. The zero-order valence-electron chi connectivity index (χ0n) is 17.9. The van der Waals surface area contributed by atoms with Crippen LogP contribution in [0.25, 0.3) is 0 Å². The third-order valence-corrected chi connectivity index (χ3v) is 9.17. The molecule has 0 bridgehead atoms. The number of rotatable bonds is 2. The first kappa shape index (κ1) is 20.6. The fourth-order valence-corrected chi connectivity index (χ4v) is 7.61. The molecule has 0 spiro atoms. The first-order valence-corrected chi connectivity index (χ1v) is 10.6. The minimum absolute atomic E-state index is 0.131. The van der Waals surface area contributed by atoms with E-state index in [4.69, 9.17) is 9.47 Å². The smallest absolute Gasteiger partial charge is 0.303 e. The number of hydrogen-bond acceptors (Lipinski definition) is 8. The average molecular weight is 422 g/mol. The number of aliphatic hydroxyl groups is 4.